The van der Waals surface area contributed by atoms with Crippen LogP contribution in [0.4, 0.5) is 11.4 Å². The number of anilines is 2. The molecule has 0 N–H and O–H groups in total. The summed E-state index contributed by atoms with van der Waals surface area (Å²) in [6.45, 7) is 2.41. The Bertz CT molecular complexity index is 3920. The van der Waals surface area contributed by atoms with Gasteiger partial charge in [0.2, 0.25) is 0 Å². The van der Waals surface area contributed by atoms with Crippen molar-refractivity contribution in [1.82, 2.24) is 13.7 Å². The number of aromatic nitrogens is 3. The quantitative estimate of drug-likeness (QED) is 0.169. The molecule has 0 amide bonds. The Kier molecular flexibility index (Phi) is 7.56. The van der Waals surface area contributed by atoms with E-state index in [1.165, 1.54) is 93.5 Å². The molecule has 1 aliphatic carbocycles. The third-order valence-electron chi connectivity index (χ3n) is 14.5. The number of hydrogen-bond donors (Lipinski definition) is 0. The van der Waals surface area contributed by atoms with Gasteiger partial charge in [-0.15, -0.1) is 0 Å². The third kappa shape index (κ3) is 4.91. The monoisotopic (exact) mass is 830 g/mol. The van der Waals surface area contributed by atoms with E-state index in [0.29, 0.717) is 0 Å². The van der Waals surface area contributed by atoms with Crippen molar-refractivity contribution in [1.29, 1.82) is 0 Å². The highest BCUT2D eigenvalue weighted by atomic mass is 15.2. The highest BCUT2D eigenvalue weighted by molar-refractivity contribution is 6.27. The first kappa shape index (κ1) is 36.2. The molecule has 0 fully saturated rings. The Balaban J connectivity index is 1.25. The van der Waals surface area contributed by atoms with Crippen molar-refractivity contribution in [3.05, 3.63) is 236 Å². The van der Waals surface area contributed by atoms with Crippen LogP contribution in [0.5, 0.6) is 0 Å². The van der Waals surface area contributed by atoms with Gasteiger partial charge in [0, 0.05) is 65.9 Å². The van der Waals surface area contributed by atoms with E-state index in [2.05, 4.69) is 256 Å². The maximum Gasteiger partial charge on any atom is 0.0655 e. The maximum absolute atomic E-state index is 2.66. The van der Waals surface area contributed by atoms with Crippen LogP contribution in [0, 0.1) is 0 Å². The zero-order valence-corrected chi connectivity index (χ0v) is 35.8. The SMILES string of the molecule is CC12C=CC=CC1N(c1ccc3c(c1-c1c(-n4c5ccccc5c5ccccc54)ccc4c1c1ccccc1n4-c1ccccc1)c1ccccc1n3-c1ccccc1)c1ccccc12. The highest BCUT2D eigenvalue weighted by Crippen LogP contribution is 2.57. The van der Waals surface area contributed by atoms with Gasteiger partial charge in [-0.2, -0.15) is 0 Å². The molecule has 4 heterocycles. The second-order valence-corrected chi connectivity index (χ2v) is 17.8. The fraction of sp³-hybridized carbons (Fsp3) is 0.0492. The molecule has 12 aromatic rings. The van der Waals surface area contributed by atoms with Crippen molar-refractivity contribution >= 4 is 76.8 Å². The minimum Gasteiger partial charge on any atom is -0.332 e. The number of hydrogen-bond acceptors (Lipinski definition) is 1. The minimum atomic E-state index is -0.236. The Labute approximate surface area is 376 Å². The summed E-state index contributed by atoms with van der Waals surface area (Å²) in [5, 5.41) is 7.37. The lowest BCUT2D eigenvalue weighted by molar-refractivity contribution is 0.551. The first-order chi connectivity index (χ1) is 32.2. The molecule has 4 heteroatoms. The van der Waals surface area contributed by atoms with Gasteiger partial charge < -0.3 is 18.6 Å². The van der Waals surface area contributed by atoms with E-state index >= 15 is 0 Å². The number of rotatable bonds is 5. The molecule has 0 spiro atoms. The summed E-state index contributed by atoms with van der Waals surface area (Å²) in [7, 11) is 0. The van der Waals surface area contributed by atoms with Gasteiger partial charge in [-0.3, -0.25) is 0 Å². The predicted octanol–water partition coefficient (Wildman–Crippen LogP) is 15.5. The molecular formula is C61H42N4. The van der Waals surface area contributed by atoms with Crippen LogP contribution in [0.25, 0.3) is 93.6 Å². The lowest BCUT2D eigenvalue weighted by Crippen LogP contribution is -2.39. The Morgan fingerprint density at radius 1 is 0.354 bits per heavy atom. The third-order valence-corrected chi connectivity index (χ3v) is 14.5. The first-order valence-electron chi connectivity index (χ1n) is 22.7. The van der Waals surface area contributed by atoms with Gasteiger partial charge in [0.1, 0.15) is 0 Å². The normalized spacial score (nSPS) is 16.8. The summed E-state index contributed by atoms with van der Waals surface area (Å²) in [4.78, 5) is 2.66. The van der Waals surface area contributed by atoms with Crippen LogP contribution in [0.15, 0.2) is 231 Å². The molecule has 14 rings (SSSR count). The largest absolute Gasteiger partial charge is 0.332 e. The van der Waals surface area contributed by atoms with Gasteiger partial charge >= 0.3 is 0 Å². The van der Waals surface area contributed by atoms with Crippen LogP contribution in [0.1, 0.15) is 12.5 Å². The maximum atomic E-state index is 2.66. The molecule has 0 bridgehead atoms. The van der Waals surface area contributed by atoms with E-state index in [4.69, 9.17) is 0 Å². The number of para-hydroxylation sites is 7. The summed E-state index contributed by atoms with van der Waals surface area (Å²) in [5.74, 6) is 0. The zero-order chi connectivity index (χ0) is 42.8. The molecule has 65 heavy (non-hydrogen) atoms. The van der Waals surface area contributed by atoms with E-state index in [1.807, 2.05) is 0 Å². The fourth-order valence-corrected chi connectivity index (χ4v) is 11.8. The second-order valence-electron chi connectivity index (χ2n) is 17.8. The molecule has 2 aliphatic rings. The molecule has 0 saturated carbocycles. The lowest BCUT2D eigenvalue weighted by Gasteiger charge is -2.36. The number of benzene rings is 9. The highest BCUT2D eigenvalue weighted by Gasteiger charge is 2.47. The average Bonchev–Trinajstić information content (AvgIpc) is 4.08. The standard InChI is InChI=1S/C61H42N4/c1-61-39-19-18-34-56(61)65(51-33-17-12-28-46(51)61)55-38-36-53-58(45-27-11-16-32-50(45)63(53)41-22-6-3-7-23-41)60(55)59-54(64-47-29-13-8-24-42(47)43-25-9-14-30-48(43)64)37-35-52-57(59)44-26-10-15-31-49(44)62(52)40-20-4-2-5-21-40/h2-39,56H,1H3. The van der Waals surface area contributed by atoms with E-state index in [-0.39, 0.29) is 11.5 Å². The van der Waals surface area contributed by atoms with Gasteiger partial charge in [-0.1, -0.05) is 152 Å². The summed E-state index contributed by atoms with van der Waals surface area (Å²) < 4.78 is 7.48. The molecular weight excluding hydrogens is 789 g/mol. The molecule has 306 valence electrons. The summed E-state index contributed by atoms with van der Waals surface area (Å²) in [6, 6.07) is 76.3. The predicted molar refractivity (Wildman–Crippen MR) is 273 cm³/mol. The van der Waals surface area contributed by atoms with Crippen molar-refractivity contribution in [2.75, 3.05) is 4.90 Å². The van der Waals surface area contributed by atoms with Crippen molar-refractivity contribution in [3.8, 4) is 28.2 Å². The Morgan fingerprint density at radius 3 is 1.37 bits per heavy atom. The molecule has 3 aromatic heterocycles. The van der Waals surface area contributed by atoms with Crippen LogP contribution in [0.3, 0.4) is 0 Å². The molecule has 2 atom stereocenters. The van der Waals surface area contributed by atoms with E-state index in [1.54, 1.807) is 0 Å². The smallest absolute Gasteiger partial charge is 0.0655 e. The van der Waals surface area contributed by atoms with Crippen LogP contribution in [0.2, 0.25) is 0 Å². The summed E-state index contributed by atoms with van der Waals surface area (Å²) in [5.41, 5.74) is 16.4. The summed E-state index contributed by atoms with van der Waals surface area (Å²) >= 11 is 0. The van der Waals surface area contributed by atoms with Crippen molar-refractivity contribution in [3.63, 3.8) is 0 Å². The zero-order valence-electron chi connectivity index (χ0n) is 35.8. The molecule has 0 saturated heterocycles. The molecule has 1 aliphatic heterocycles. The number of allylic oxidation sites excluding steroid dienone is 2. The van der Waals surface area contributed by atoms with Crippen LogP contribution in [-0.4, -0.2) is 19.7 Å². The molecule has 4 nitrogen and oxygen atoms in total. The van der Waals surface area contributed by atoms with E-state index in [0.717, 1.165) is 17.1 Å². The van der Waals surface area contributed by atoms with E-state index < -0.39 is 0 Å². The van der Waals surface area contributed by atoms with Crippen molar-refractivity contribution in [2.24, 2.45) is 0 Å². The lowest BCUT2D eigenvalue weighted by atomic mass is 9.76. The fourth-order valence-electron chi connectivity index (χ4n) is 11.8. The van der Waals surface area contributed by atoms with Gasteiger partial charge in [0.15, 0.2) is 0 Å². The van der Waals surface area contributed by atoms with E-state index in [9.17, 15) is 0 Å². The summed E-state index contributed by atoms with van der Waals surface area (Å²) in [6.07, 6.45) is 9.29. The Hall–Kier alpha value is -8.34. The minimum absolute atomic E-state index is 0.0464. The van der Waals surface area contributed by atoms with Gasteiger partial charge in [0.25, 0.3) is 0 Å². The average molecular weight is 831 g/mol. The molecule has 9 aromatic carbocycles. The Morgan fingerprint density at radius 2 is 0.800 bits per heavy atom. The topological polar surface area (TPSA) is 18.0 Å². The van der Waals surface area contributed by atoms with Gasteiger partial charge in [0.05, 0.1) is 50.5 Å². The van der Waals surface area contributed by atoms with Gasteiger partial charge in [-0.25, -0.2) is 0 Å². The van der Waals surface area contributed by atoms with Crippen LogP contribution in [-0.2, 0) is 5.41 Å². The van der Waals surface area contributed by atoms with Gasteiger partial charge in [-0.05, 0) is 91.3 Å². The van der Waals surface area contributed by atoms with Crippen molar-refractivity contribution < 1.29 is 0 Å². The van der Waals surface area contributed by atoms with Crippen LogP contribution < -0.4 is 4.90 Å². The number of nitrogens with zero attached hydrogens (tertiary/aromatic N) is 4. The number of fused-ring (bicyclic) bond motifs is 12. The van der Waals surface area contributed by atoms with Crippen molar-refractivity contribution in [2.45, 2.75) is 18.4 Å². The molecule has 0 radical (unpaired) electrons. The second kappa shape index (κ2) is 13.6. The van der Waals surface area contributed by atoms with Crippen LogP contribution >= 0.6 is 0 Å². The molecule has 2 unspecified atom stereocenters. The first-order valence-corrected chi connectivity index (χ1v) is 22.7.